The predicted octanol–water partition coefficient (Wildman–Crippen LogP) is 5.57. The number of benzene rings is 2. The van der Waals surface area contributed by atoms with E-state index in [1.807, 2.05) is 36.4 Å². The molecular formula is C20H24ClNO. The first kappa shape index (κ1) is 17.6. The van der Waals surface area contributed by atoms with E-state index in [-0.39, 0.29) is 0 Å². The van der Waals surface area contributed by atoms with Gasteiger partial charge in [0.15, 0.2) is 0 Å². The molecule has 0 saturated carbocycles. The van der Waals surface area contributed by atoms with Crippen LogP contribution in [0.4, 0.5) is 0 Å². The SMILES string of the molecule is CCN(CC)CC=CCc1ccc(Oc2ccc(Cl)cc2)cc1. The highest BCUT2D eigenvalue weighted by Crippen LogP contribution is 2.23. The molecule has 0 fully saturated rings. The third-order valence-corrected chi connectivity index (χ3v) is 4.00. The molecule has 2 aromatic carbocycles. The summed E-state index contributed by atoms with van der Waals surface area (Å²) in [6.45, 7) is 7.59. The predicted molar refractivity (Wildman–Crippen MR) is 98.6 cm³/mol. The number of ether oxygens (including phenoxy) is 1. The maximum Gasteiger partial charge on any atom is 0.127 e. The van der Waals surface area contributed by atoms with Crippen molar-refractivity contribution in [3.8, 4) is 11.5 Å². The van der Waals surface area contributed by atoms with Crippen molar-refractivity contribution in [2.45, 2.75) is 20.3 Å². The van der Waals surface area contributed by atoms with Gasteiger partial charge in [0, 0.05) is 11.6 Å². The van der Waals surface area contributed by atoms with Crippen molar-refractivity contribution in [3.05, 3.63) is 71.3 Å². The zero-order valence-electron chi connectivity index (χ0n) is 13.8. The van der Waals surface area contributed by atoms with Crippen molar-refractivity contribution in [2.75, 3.05) is 19.6 Å². The number of hydrogen-bond donors (Lipinski definition) is 0. The van der Waals surface area contributed by atoms with Gasteiger partial charge in [0.1, 0.15) is 11.5 Å². The topological polar surface area (TPSA) is 12.5 Å². The Morgan fingerprint density at radius 2 is 1.43 bits per heavy atom. The van der Waals surface area contributed by atoms with Gasteiger partial charge in [-0.3, -0.25) is 0 Å². The molecule has 0 N–H and O–H groups in total. The molecule has 0 radical (unpaired) electrons. The van der Waals surface area contributed by atoms with Crippen molar-refractivity contribution in [1.82, 2.24) is 4.90 Å². The van der Waals surface area contributed by atoms with Crippen molar-refractivity contribution in [1.29, 1.82) is 0 Å². The molecule has 2 aromatic rings. The van der Waals surface area contributed by atoms with Crippen LogP contribution in [0.3, 0.4) is 0 Å². The van der Waals surface area contributed by atoms with E-state index >= 15 is 0 Å². The van der Waals surface area contributed by atoms with Crippen molar-refractivity contribution < 1.29 is 4.74 Å². The molecule has 0 aliphatic rings. The normalized spacial score (nSPS) is 11.3. The van der Waals surface area contributed by atoms with Crippen LogP contribution in [-0.2, 0) is 6.42 Å². The standard InChI is InChI=1S/C20H24ClNO/c1-3-22(4-2)16-6-5-7-17-8-12-19(13-9-17)23-20-14-10-18(21)11-15-20/h5-6,8-15H,3-4,7,16H2,1-2H3. The van der Waals surface area contributed by atoms with E-state index in [0.29, 0.717) is 5.02 Å². The Labute approximate surface area is 144 Å². The fourth-order valence-electron chi connectivity index (χ4n) is 2.26. The van der Waals surface area contributed by atoms with Crippen LogP contribution in [0.15, 0.2) is 60.7 Å². The number of rotatable bonds is 8. The lowest BCUT2D eigenvalue weighted by atomic mass is 10.1. The van der Waals surface area contributed by atoms with Gasteiger partial charge in [-0.1, -0.05) is 49.7 Å². The Bertz CT molecular complexity index is 601. The molecule has 0 amide bonds. The van der Waals surface area contributed by atoms with E-state index in [4.69, 9.17) is 16.3 Å². The first-order chi connectivity index (χ1) is 11.2. The van der Waals surface area contributed by atoms with Gasteiger partial charge in [-0.25, -0.2) is 0 Å². The highest BCUT2D eigenvalue weighted by Gasteiger charge is 1.98. The summed E-state index contributed by atoms with van der Waals surface area (Å²) in [6, 6.07) is 15.6. The summed E-state index contributed by atoms with van der Waals surface area (Å²) in [4.78, 5) is 2.39. The quantitative estimate of drug-likeness (QED) is 0.587. The highest BCUT2D eigenvalue weighted by atomic mass is 35.5. The van der Waals surface area contributed by atoms with Crippen LogP contribution < -0.4 is 4.74 Å². The van der Waals surface area contributed by atoms with Crippen LogP contribution in [-0.4, -0.2) is 24.5 Å². The molecule has 0 aliphatic carbocycles. The van der Waals surface area contributed by atoms with Crippen LogP contribution in [0.1, 0.15) is 19.4 Å². The summed E-state index contributed by atoms with van der Waals surface area (Å²) in [6.07, 6.45) is 5.42. The summed E-state index contributed by atoms with van der Waals surface area (Å²) in [7, 11) is 0. The van der Waals surface area contributed by atoms with Crippen LogP contribution in [0.25, 0.3) is 0 Å². The molecule has 0 aromatic heterocycles. The lowest BCUT2D eigenvalue weighted by Crippen LogP contribution is -2.22. The number of nitrogens with zero attached hydrogens (tertiary/aromatic N) is 1. The second-order valence-electron chi connectivity index (χ2n) is 5.36. The Morgan fingerprint density at radius 1 is 0.870 bits per heavy atom. The van der Waals surface area contributed by atoms with E-state index in [2.05, 4.69) is 43.0 Å². The average molecular weight is 330 g/mol. The second kappa shape index (κ2) is 9.39. The van der Waals surface area contributed by atoms with Crippen LogP contribution in [0.2, 0.25) is 5.02 Å². The van der Waals surface area contributed by atoms with E-state index in [0.717, 1.165) is 37.6 Å². The van der Waals surface area contributed by atoms with Gasteiger partial charge in [-0.15, -0.1) is 0 Å². The Balaban J connectivity index is 1.84. The summed E-state index contributed by atoms with van der Waals surface area (Å²) < 4.78 is 5.79. The second-order valence-corrected chi connectivity index (χ2v) is 5.80. The van der Waals surface area contributed by atoms with Gasteiger partial charge in [-0.2, -0.15) is 0 Å². The molecule has 2 rings (SSSR count). The largest absolute Gasteiger partial charge is 0.457 e. The van der Waals surface area contributed by atoms with Gasteiger partial charge in [0.25, 0.3) is 0 Å². The van der Waals surface area contributed by atoms with Crippen LogP contribution >= 0.6 is 11.6 Å². The van der Waals surface area contributed by atoms with Crippen molar-refractivity contribution >= 4 is 11.6 Å². The highest BCUT2D eigenvalue weighted by molar-refractivity contribution is 6.30. The number of halogens is 1. The third kappa shape index (κ3) is 6.09. The smallest absolute Gasteiger partial charge is 0.127 e. The van der Waals surface area contributed by atoms with Gasteiger partial charge in [0.2, 0.25) is 0 Å². The number of hydrogen-bond acceptors (Lipinski definition) is 2. The first-order valence-electron chi connectivity index (χ1n) is 8.11. The lowest BCUT2D eigenvalue weighted by Gasteiger charge is -2.14. The number of allylic oxidation sites excluding steroid dienone is 1. The molecule has 0 atom stereocenters. The average Bonchev–Trinajstić information content (AvgIpc) is 2.58. The number of likely N-dealkylation sites (N-methyl/N-ethyl adjacent to an activating group) is 1. The fourth-order valence-corrected chi connectivity index (χ4v) is 2.38. The summed E-state index contributed by atoms with van der Waals surface area (Å²) in [5.74, 6) is 1.63. The van der Waals surface area contributed by atoms with E-state index in [1.54, 1.807) is 0 Å². The van der Waals surface area contributed by atoms with Crippen molar-refractivity contribution in [3.63, 3.8) is 0 Å². The summed E-state index contributed by atoms with van der Waals surface area (Å²) in [5.41, 5.74) is 1.28. The summed E-state index contributed by atoms with van der Waals surface area (Å²) in [5, 5.41) is 0.712. The van der Waals surface area contributed by atoms with E-state index in [9.17, 15) is 0 Å². The Morgan fingerprint density at radius 3 is 2.00 bits per heavy atom. The van der Waals surface area contributed by atoms with Gasteiger partial charge < -0.3 is 9.64 Å². The van der Waals surface area contributed by atoms with Gasteiger partial charge in [-0.05, 0) is 61.5 Å². The molecule has 122 valence electrons. The Kier molecular flexibility index (Phi) is 7.18. The monoisotopic (exact) mass is 329 g/mol. The minimum absolute atomic E-state index is 0.712. The van der Waals surface area contributed by atoms with Gasteiger partial charge >= 0.3 is 0 Å². The minimum atomic E-state index is 0.712. The molecule has 0 bridgehead atoms. The first-order valence-corrected chi connectivity index (χ1v) is 8.48. The summed E-state index contributed by atoms with van der Waals surface area (Å²) >= 11 is 5.87. The van der Waals surface area contributed by atoms with Crippen LogP contribution in [0.5, 0.6) is 11.5 Å². The molecule has 0 heterocycles. The maximum atomic E-state index is 5.87. The zero-order chi connectivity index (χ0) is 16.5. The molecule has 0 saturated heterocycles. The maximum absolute atomic E-state index is 5.87. The fraction of sp³-hybridized carbons (Fsp3) is 0.300. The minimum Gasteiger partial charge on any atom is -0.457 e. The van der Waals surface area contributed by atoms with E-state index < -0.39 is 0 Å². The molecule has 0 aliphatic heterocycles. The van der Waals surface area contributed by atoms with E-state index in [1.165, 1.54) is 5.56 Å². The van der Waals surface area contributed by atoms with Crippen molar-refractivity contribution in [2.24, 2.45) is 0 Å². The molecule has 0 unspecified atom stereocenters. The lowest BCUT2D eigenvalue weighted by molar-refractivity contribution is 0.337. The molecule has 3 heteroatoms. The molecular weight excluding hydrogens is 306 g/mol. The van der Waals surface area contributed by atoms with Crippen LogP contribution in [0, 0.1) is 0 Å². The molecule has 23 heavy (non-hydrogen) atoms. The Hall–Kier alpha value is -1.77. The molecule has 0 spiro atoms. The zero-order valence-corrected chi connectivity index (χ0v) is 14.6. The molecule has 2 nitrogen and oxygen atoms in total. The third-order valence-electron chi connectivity index (χ3n) is 3.75. The van der Waals surface area contributed by atoms with Gasteiger partial charge in [0.05, 0.1) is 0 Å².